The predicted molar refractivity (Wildman–Crippen MR) is 48.1 cm³/mol. The lowest BCUT2D eigenvalue weighted by atomic mass is 9.95. The SMILES string of the molecule is O=Nc1cccc2c1CC=C[CH]2. The van der Waals surface area contributed by atoms with Crippen molar-refractivity contribution in [3.05, 3.63) is 52.8 Å². The zero-order chi connectivity index (χ0) is 8.39. The molecule has 2 heteroatoms. The van der Waals surface area contributed by atoms with E-state index in [1.807, 2.05) is 30.7 Å². The molecule has 0 saturated carbocycles. The van der Waals surface area contributed by atoms with E-state index in [-0.39, 0.29) is 0 Å². The maximum Gasteiger partial charge on any atom is 0.111 e. The van der Waals surface area contributed by atoms with Crippen LogP contribution in [0.3, 0.4) is 0 Å². The number of nitrogens with zero attached hydrogens (tertiary/aromatic N) is 1. The average molecular weight is 158 g/mol. The summed E-state index contributed by atoms with van der Waals surface area (Å²) in [6, 6.07) is 5.59. The van der Waals surface area contributed by atoms with Gasteiger partial charge < -0.3 is 0 Å². The molecule has 0 fully saturated rings. The van der Waals surface area contributed by atoms with Gasteiger partial charge in [0.25, 0.3) is 0 Å². The molecule has 0 aliphatic heterocycles. The van der Waals surface area contributed by atoms with Gasteiger partial charge in [0.2, 0.25) is 0 Å². The van der Waals surface area contributed by atoms with E-state index in [0.717, 1.165) is 17.5 Å². The van der Waals surface area contributed by atoms with Gasteiger partial charge in [-0.15, -0.1) is 4.91 Å². The minimum absolute atomic E-state index is 0.563. The van der Waals surface area contributed by atoms with Gasteiger partial charge in [0.1, 0.15) is 5.69 Å². The van der Waals surface area contributed by atoms with Crippen molar-refractivity contribution in [2.24, 2.45) is 5.18 Å². The van der Waals surface area contributed by atoms with Crippen LogP contribution in [-0.2, 0) is 6.42 Å². The lowest BCUT2D eigenvalue weighted by Crippen LogP contribution is -1.94. The van der Waals surface area contributed by atoms with E-state index in [9.17, 15) is 4.91 Å². The normalized spacial score (nSPS) is 14.0. The Kier molecular flexibility index (Phi) is 1.74. The number of allylic oxidation sites excluding steroid dienone is 2. The molecule has 12 heavy (non-hydrogen) atoms. The molecule has 2 nitrogen and oxygen atoms in total. The first-order valence-corrected chi connectivity index (χ1v) is 3.87. The summed E-state index contributed by atoms with van der Waals surface area (Å²) in [7, 11) is 0. The molecule has 0 unspecified atom stereocenters. The largest absolute Gasteiger partial charge is 0.145 e. The molecule has 0 spiro atoms. The van der Waals surface area contributed by atoms with Gasteiger partial charge in [0.15, 0.2) is 0 Å². The third-order valence-corrected chi connectivity index (χ3v) is 2.02. The van der Waals surface area contributed by atoms with Crippen LogP contribution in [0.25, 0.3) is 0 Å². The Hall–Kier alpha value is -1.44. The summed E-state index contributed by atoms with van der Waals surface area (Å²) in [5.41, 5.74) is 2.71. The van der Waals surface area contributed by atoms with Crippen LogP contribution >= 0.6 is 0 Å². The number of benzene rings is 1. The molecular weight excluding hydrogens is 150 g/mol. The maximum atomic E-state index is 10.4. The van der Waals surface area contributed by atoms with Gasteiger partial charge in [-0.3, -0.25) is 0 Å². The van der Waals surface area contributed by atoms with Gasteiger partial charge in [-0.1, -0.05) is 24.3 Å². The third kappa shape index (κ3) is 1.05. The number of fused-ring (bicyclic) bond motifs is 1. The second-order valence-corrected chi connectivity index (χ2v) is 2.74. The van der Waals surface area contributed by atoms with Crippen molar-refractivity contribution in [1.82, 2.24) is 0 Å². The highest BCUT2D eigenvalue weighted by atomic mass is 16.3. The Morgan fingerprint density at radius 2 is 2.25 bits per heavy atom. The minimum atomic E-state index is 0.563. The van der Waals surface area contributed by atoms with Crippen LogP contribution in [0.4, 0.5) is 5.69 Å². The van der Waals surface area contributed by atoms with Gasteiger partial charge >= 0.3 is 0 Å². The summed E-state index contributed by atoms with van der Waals surface area (Å²) < 4.78 is 0. The lowest BCUT2D eigenvalue weighted by molar-refractivity contribution is 1.18. The fourth-order valence-electron chi connectivity index (χ4n) is 1.41. The van der Waals surface area contributed by atoms with Gasteiger partial charge in [0.05, 0.1) is 0 Å². The van der Waals surface area contributed by atoms with Gasteiger partial charge in [-0.2, -0.15) is 0 Å². The van der Waals surface area contributed by atoms with Crippen LogP contribution in [0.5, 0.6) is 0 Å². The Balaban J connectivity index is 2.55. The van der Waals surface area contributed by atoms with Gasteiger partial charge in [0, 0.05) is 6.42 Å². The van der Waals surface area contributed by atoms with Crippen molar-refractivity contribution in [3.63, 3.8) is 0 Å². The van der Waals surface area contributed by atoms with E-state index < -0.39 is 0 Å². The third-order valence-electron chi connectivity index (χ3n) is 2.02. The van der Waals surface area contributed by atoms with Crippen molar-refractivity contribution in [1.29, 1.82) is 0 Å². The zero-order valence-corrected chi connectivity index (χ0v) is 6.53. The first-order valence-electron chi connectivity index (χ1n) is 3.87. The summed E-state index contributed by atoms with van der Waals surface area (Å²) in [5.74, 6) is 0. The van der Waals surface area contributed by atoms with Crippen LogP contribution in [0.1, 0.15) is 11.1 Å². The molecule has 1 aromatic carbocycles. The highest BCUT2D eigenvalue weighted by molar-refractivity contribution is 5.55. The van der Waals surface area contributed by atoms with Crippen molar-refractivity contribution in [3.8, 4) is 0 Å². The van der Waals surface area contributed by atoms with E-state index in [2.05, 4.69) is 5.18 Å². The van der Waals surface area contributed by atoms with Crippen molar-refractivity contribution < 1.29 is 0 Å². The number of rotatable bonds is 1. The highest BCUT2D eigenvalue weighted by Gasteiger charge is 2.09. The summed E-state index contributed by atoms with van der Waals surface area (Å²) in [5, 5.41) is 2.98. The molecule has 0 amide bonds. The van der Waals surface area contributed by atoms with E-state index in [1.165, 1.54) is 0 Å². The van der Waals surface area contributed by atoms with E-state index >= 15 is 0 Å². The minimum Gasteiger partial charge on any atom is -0.145 e. The highest BCUT2D eigenvalue weighted by Crippen LogP contribution is 2.27. The fourth-order valence-corrected chi connectivity index (χ4v) is 1.41. The van der Waals surface area contributed by atoms with E-state index in [1.54, 1.807) is 6.07 Å². The van der Waals surface area contributed by atoms with Crippen LogP contribution in [0, 0.1) is 11.3 Å². The zero-order valence-electron chi connectivity index (χ0n) is 6.53. The topological polar surface area (TPSA) is 29.4 Å². The van der Waals surface area contributed by atoms with Gasteiger partial charge in [-0.25, -0.2) is 0 Å². The van der Waals surface area contributed by atoms with Crippen molar-refractivity contribution >= 4 is 5.69 Å². The second kappa shape index (κ2) is 2.89. The lowest BCUT2D eigenvalue weighted by Gasteiger charge is -2.10. The molecule has 0 N–H and O–H groups in total. The molecule has 1 aliphatic carbocycles. The molecule has 2 rings (SSSR count). The predicted octanol–water partition coefficient (Wildman–Crippen LogP) is 2.75. The number of hydrogen-bond acceptors (Lipinski definition) is 2. The van der Waals surface area contributed by atoms with Crippen LogP contribution < -0.4 is 0 Å². The van der Waals surface area contributed by atoms with E-state index in [0.29, 0.717) is 5.69 Å². The van der Waals surface area contributed by atoms with Crippen LogP contribution in [0.2, 0.25) is 0 Å². The molecule has 59 valence electrons. The molecule has 1 aliphatic rings. The molecule has 0 heterocycles. The molecule has 1 radical (unpaired) electrons. The molecule has 1 aromatic rings. The number of hydrogen-bond donors (Lipinski definition) is 0. The first-order chi connectivity index (χ1) is 5.92. The fraction of sp³-hybridized carbons (Fsp3) is 0.100. The van der Waals surface area contributed by atoms with Gasteiger partial charge in [-0.05, 0) is 28.8 Å². The smallest absolute Gasteiger partial charge is 0.111 e. The molecule has 0 aromatic heterocycles. The average Bonchev–Trinajstić information content (AvgIpc) is 2.17. The summed E-state index contributed by atoms with van der Waals surface area (Å²) >= 11 is 0. The Bertz CT molecular complexity index is 342. The maximum absolute atomic E-state index is 10.4. The Morgan fingerprint density at radius 1 is 1.33 bits per heavy atom. The Labute approximate surface area is 70.9 Å². The monoisotopic (exact) mass is 158 g/mol. The molecule has 0 bridgehead atoms. The quantitative estimate of drug-likeness (QED) is 0.578. The van der Waals surface area contributed by atoms with Crippen LogP contribution in [0.15, 0.2) is 35.5 Å². The summed E-state index contributed by atoms with van der Waals surface area (Å²) in [6.45, 7) is 0. The first kappa shape index (κ1) is 7.22. The van der Waals surface area contributed by atoms with E-state index in [4.69, 9.17) is 0 Å². The van der Waals surface area contributed by atoms with Crippen LogP contribution in [-0.4, -0.2) is 0 Å². The Morgan fingerprint density at radius 3 is 3.08 bits per heavy atom. The number of nitroso groups, excluding NO2 is 1. The van der Waals surface area contributed by atoms with Crippen molar-refractivity contribution in [2.45, 2.75) is 6.42 Å². The van der Waals surface area contributed by atoms with Crippen molar-refractivity contribution in [2.75, 3.05) is 0 Å². The summed E-state index contributed by atoms with van der Waals surface area (Å²) in [4.78, 5) is 10.4. The molecular formula is C10H8NO. The molecule has 0 atom stereocenters. The second-order valence-electron chi connectivity index (χ2n) is 2.74. The summed E-state index contributed by atoms with van der Waals surface area (Å²) in [6.07, 6.45) is 6.83. The molecule has 0 saturated heterocycles. The standard InChI is InChI=1S/C10H8NO/c12-11-10-7-3-5-8-4-1-2-6-9(8)10/h1-5,7H,6H2.